The molecule has 0 atom stereocenters. The van der Waals surface area contributed by atoms with E-state index in [1.165, 1.54) is 12.7 Å². The minimum absolute atomic E-state index is 0.143. The quantitative estimate of drug-likeness (QED) is 0.939. The third-order valence-corrected chi connectivity index (χ3v) is 2.72. The number of hydrogen-bond donors (Lipinski definition) is 1. The lowest BCUT2D eigenvalue weighted by Gasteiger charge is -2.04. The summed E-state index contributed by atoms with van der Waals surface area (Å²) >= 11 is 3.32. The van der Waals surface area contributed by atoms with Crippen molar-refractivity contribution >= 4 is 21.8 Å². The number of benzene rings is 1. The lowest BCUT2D eigenvalue weighted by molar-refractivity contribution is 0.0949. The first-order valence-corrected chi connectivity index (χ1v) is 5.46. The predicted octanol–water partition coefficient (Wildman–Crippen LogP) is 2.37. The molecule has 0 spiro atoms. The third-order valence-electron chi connectivity index (χ3n) is 2.03. The van der Waals surface area contributed by atoms with Crippen LogP contribution in [0.4, 0.5) is 0 Å². The Balaban J connectivity index is 2.01. The average molecular weight is 281 g/mol. The zero-order valence-electron chi connectivity index (χ0n) is 8.31. The number of carbonyl (C=O) groups is 1. The molecule has 82 valence electrons. The molecule has 1 amide bonds. The molecular weight excluding hydrogens is 272 g/mol. The Labute approximate surface area is 101 Å². The van der Waals surface area contributed by atoms with E-state index in [-0.39, 0.29) is 5.91 Å². The summed E-state index contributed by atoms with van der Waals surface area (Å²) in [5, 5.41) is 2.75. The van der Waals surface area contributed by atoms with Gasteiger partial charge < -0.3 is 9.73 Å². The van der Waals surface area contributed by atoms with Gasteiger partial charge in [0, 0.05) is 4.47 Å². The number of aromatic nitrogens is 1. The van der Waals surface area contributed by atoms with E-state index in [0.717, 1.165) is 4.47 Å². The van der Waals surface area contributed by atoms with Gasteiger partial charge in [-0.25, -0.2) is 4.98 Å². The van der Waals surface area contributed by atoms with E-state index >= 15 is 0 Å². The molecule has 1 N–H and O–H groups in total. The van der Waals surface area contributed by atoms with Crippen LogP contribution in [0.1, 0.15) is 16.1 Å². The molecule has 1 heterocycles. The Morgan fingerprint density at radius 3 is 2.94 bits per heavy atom. The van der Waals surface area contributed by atoms with Crippen molar-refractivity contribution in [3.05, 3.63) is 52.7 Å². The fourth-order valence-electron chi connectivity index (χ4n) is 1.24. The number of oxazole rings is 1. The van der Waals surface area contributed by atoms with Gasteiger partial charge in [0.05, 0.1) is 17.8 Å². The van der Waals surface area contributed by atoms with E-state index in [2.05, 4.69) is 26.2 Å². The maximum atomic E-state index is 11.8. The number of rotatable bonds is 3. The molecule has 0 bridgehead atoms. The van der Waals surface area contributed by atoms with Crippen LogP contribution in [-0.2, 0) is 6.54 Å². The van der Waals surface area contributed by atoms with Crippen molar-refractivity contribution in [3.63, 3.8) is 0 Å². The van der Waals surface area contributed by atoms with Crippen molar-refractivity contribution in [1.29, 1.82) is 0 Å². The molecule has 2 rings (SSSR count). The summed E-state index contributed by atoms with van der Waals surface area (Å²) in [6.45, 7) is 0.358. The van der Waals surface area contributed by atoms with Gasteiger partial charge >= 0.3 is 0 Å². The van der Waals surface area contributed by atoms with Gasteiger partial charge in [-0.2, -0.15) is 0 Å². The Bertz CT molecular complexity index is 482. The zero-order valence-corrected chi connectivity index (χ0v) is 9.90. The zero-order chi connectivity index (χ0) is 11.4. The molecule has 2 aromatic rings. The highest BCUT2D eigenvalue weighted by atomic mass is 79.9. The molecule has 0 aliphatic carbocycles. The van der Waals surface area contributed by atoms with E-state index in [1.807, 2.05) is 18.2 Å². The van der Waals surface area contributed by atoms with Crippen LogP contribution in [0, 0.1) is 0 Å². The van der Waals surface area contributed by atoms with Gasteiger partial charge in [0.1, 0.15) is 6.26 Å². The first-order chi connectivity index (χ1) is 7.77. The standard InChI is InChI=1S/C11H9BrN2O2/c12-10-4-2-1-3-9(10)11(15)13-5-8-6-16-7-14-8/h1-4,6-7H,5H2,(H,13,15). The molecule has 16 heavy (non-hydrogen) atoms. The molecular formula is C11H9BrN2O2. The lowest BCUT2D eigenvalue weighted by atomic mass is 10.2. The topological polar surface area (TPSA) is 55.1 Å². The van der Waals surface area contributed by atoms with Crippen LogP contribution >= 0.6 is 15.9 Å². The maximum absolute atomic E-state index is 11.8. The second-order valence-corrected chi connectivity index (χ2v) is 4.00. The molecule has 0 radical (unpaired) electrons. The van der Waals surface area contributed by atoms with Crippen LogP contribution in [0.2, 0.25) is 0 Å². The average Bonchev–Trinajstić information content (AvgIpc) is 2.79. The summed E-state index contributed by atoms with van der Waals surface area (Å²) in [6, 6.07) is 7.25. The summed E-state index contributed by atoms with van der Waals surface area (Å²) in [5.41, 5.74) is 1.30. The van der Waals surface area contributed by atoms with E-state index in [0.29, 0.717) is 17.8 Å². The molecule has 0 aliphatic rings. The third kappa shape index (κ3) is 2.49. The number of nitrogens with one attached hydrogen (secondary N) is 1. The van der Waals surface area contributed by atoms with Crippen LogP contribution in [-0.4, -0.2) is 10.9 Å². The van der Waals surface area contributed by atoms with Crippen molar-refractivity contribution in [2.24, 2.45) is 0 Å². The van der Waals surface area contributed by atoms with Gasteiger partial charge in [0.2, 0.25) is 0 Å². The largest absolute Gasteiger partial charge is 0.451 e. The van der Waals surface area contributed by atoms with Crippen LogP contribution in [0.25, 0.3) is 0 Å². The highest BCUT2D eigenvalue weighted by Gasteiger charge is 2.08. The summed E-state index contributed by atoms with van der Waals surface area (Å²) in [6.07, 6.45) is 2.83. The minimum atomic E-state index is -0.143. The lowest BCUT2D eigenvalue weighted by Crippen LogP contribution is -2.23. The Morgan fingerprint density at radius 1 is 1.44 bits per heavy atom. The van der Waals surface area contributed by atoms with Crippen molar-refractivity contribution in [1.82, 2.24) is 10.3 Å². The van der Waals surface area contributed by atoms with Crippen molar-refractivity contribution in [3.8, 4) is 0 Å². The number of carbonyl (C=O) groups excluding carboxylic acids is 1. The maximum Gasteiger partial charge on any atom is 0.252 e. The first-order valence-electron chi connectivity index (χ1n) is 4.67. The molecule has 0 saturated heterocycles. The summed E-state index contributed by atoms with van der Waals surface area (Å²) in [5.74, 6) is -0.143. The number of halogens is 1. The summed E-state index contributed by atoms with van der Waals surface area (Å²) < 4.78 is 5.58. The van der Waals surface area contributed by atoms with Gasteiger partial charge in [0.15, 0.2) is 6.39 Å². The number of amides is 1. The fraction of sp³-hybridized carbons (Fsp3) is 0.0909. The van der Waals surface area contributed by atoms with E-state index in [9.17, 15) is 4.79 Å². The Kier molecular flexibility index (Phi) is 3.36. The summed E-state index contributed by atoms with van der Waals surface area (Å²) in [7, 11) is 0. The van der Waals surface area contributed by atoms with Crippen LogP contribution in [0.3, 0.4) is 0 Å². The normalized spacial score (nSPS) is 10.1. The Morgan fingerprint density at radius 2 is 2.25 bits per heavy atom. The fourth-order valence-corrected chi connectivity index (χ4v) is 1.70. The smallest absolute Gasteiger partial charge is 0.252 e. The van der Waals surface area contributed by atoms with E-state index in [4.69, 9.17) is 4.42 Å². The van der Waals surface area contributed by atoms with Gasteiger partial charge in [-0.3, -0.25) is 4.79 Å². The van der Waals surface area contributed by atoms with E-state index in [1.54, 1.807) is 6.07 Å². The SMILES string of the molecule is O=C(NCc1cocn1)c1ccccc1Br. The second kappa shape index (κ2) is 4.94. The van der Waals surface area contributed by atoms with Gasteiger partial charge in [0.25, 0.3) is 5.91 Å². The molecule has 0 aliphatic heterocycles. The predicted molar refractivity (Wildman–Crippen MR) is 61.8 cm³/mol. The number of hydrogen-bond acceptors (Lipinski definition) is 3. The minimum Gasteiger partial charge on any atom is -0.451 e. The molecule has 0 unspecified atom stereocenters. The summed E-state index contributed by atoms with van der Waals surface area (Å²) in [4.78, 5) is 15.7. The van der Waals surface area contributed by atoms with E-state index < -0.39 is 0 Å². The van der Waals surface area contributed by atoms with Gasteiger partial charge in [-0.1, -0.05) is 12.1 Å². The molecule has 5 heteroatoms. The van der Waals surface area contributed by atoms with Gasteiger partial charge in [-0.05, 0) is 28.1 Å². The number of nitrogens with zero attached hydrogens (tertiary/aromatic N) is 1. The monoisotopic (exact) mass is 280 g/mol. The van der Waals surface area contributed by atoms with Crippen molar-refractivity contribution < 1.29 is 9.21 Å². The molecule has 0 saturated carbocycles. The molecule has 4 nitrogen and oxygen atoms in total. The second-order valence-electron chi connectivity index (χ2n) is 3.14. The Hall–Kier alpha value is -1.62. The van der Waals surface area contributed by atoms with Gasteiger partial charge in [-0.15, -0.1) is 0 Å². The highest BCUT2D eigenvalue weighted by Crippen LogP contribution is 2.15. The first kappa shape index (κ1) is 10.9. The molecule has 1 aromatic heterocycles. The molecule has 0 fully saturated rings. The highest BCUT2D eigenvalue weighted by molar-refractivity contribution is 9.10. The van der Waals surface area contributed by atoms with Crippen molar-refractivity contribution in [2.45, 2.75) is 6.54 Å². The van der Waals surface area contributed by atoms with Crippen LogP contribution in [0.15, 0.2) is 45.8 Å². The van der Waals surface area contributed by atoms with Crippen molar-refractivity contribution in [2.75, 3.05) is 0 Å². The van der Waals surface area contributed by atoms with Crippen LogP contribution < -0.4 is 5.32 Å². The van der Waals surface area contributed by atoms with Crippen LogP contribution in [0.5, 0.6) is 0 Å². The molecule has 1 aromatic carbocycles.